The standard InChI is InChI=1S/C12H15ClFNO2S/c13-11-2-1-9(5-12(11)14)6-15-7-10-3-4-18(16,17)8-10/h1-2,5,10,15H,3-4,6-8H2. The van der Waals surface area contributed by atoms with Crippen LogP contribution in [0.3, 0.4) is 0 Å². The molecule has 1 aromatic carbocycles. The van der Waals surface area contributed by atoms with Crippen molar-refractivity contribution in [1.82, 2.24) is 5.32 Å². The Hall–Kier alpha value is -0.650. The van der Waals surface area contributed by atoms with E-state index >= 15 is 0 Å². The molecular formula is C12H15ClFNO2S. The fourth-order valence-electron chi connectivity index (χ4n) is 2.10. The summed E-state index contributed by atoms with van der Waals surface area (Å²) in [5, 5.41) is 3.27. The highest BCUT2D eigenvalue weighted by molar-refractivity contribution is 7.91. The number of rotatable bonds is 4. The Morgan fingerprint density at radius 1 is 1.44 bits per heavy atom. The molecule has 1 aliphatic rings. The minimum Gasteiger partial charge on any atom is -0.312 e. The van der Waals surface area contributed by atoms with Crippen molar-refractivity contribution >= 4 is 21.4 Å². The van der Waals surface area contributed by atoms with Crippen LogP contribution in [0.15, 0.2) is 18.2 Å². The van der Waals surface area contributed by atoms with Crippen LogP contribution in [0.25, 0.3) is 0 Å². The van der Waals surface area contributed by atoms with E-state index in [1.54, 1.807) is 6.07 Å². The molecule has 1 heterocycles. The molecule has 1 fully saturated rings. The van der Waals surface area contributed by atoms with Crippen LogP contribution >= 0.6 is 11.6 Å². The van der Waals surface area contributed by atoms with Crippen molar-refractivity contribution < 1.29 is 12.8 Å². The Labute approximate surface area is 111 Å². The first-order valence-corrected chi connectivity index (χ1v) is 8.01. The molecule has 1 N–H and O–H groups in total. The summed E-state index contributed by atoms with van der Waals surface area (Å²) in [7, 11) is -2.82. The Balaban J connectivity index is 1.80. The van der Waals surface area contributed by atoms with Gasteiger partial charge in [0.25, 0.3) is 0 Å². The van der Waals surface area contributed by atoms with Gasteiger partial charge in [-0.2, -0.15) is 0 Å². The molecule has 1 atom stereocenters. The highest BCUT2D eigenvalue weighted by atomic mass is 35.5. The van der Waals surface area contributed by atoms with E-state index in [1.165, 1.54) is 12.1 Å². The van der Waals surface area contributed by atoms with Gasteiger partial charge in [-0.05, 0) is 36.6 Å². The molecule has 0 bridgehead atoms. The molecular weight excluding hydrogens is 277 g/mol. The van der Waals surface area contributed by atoms with Gasteiger partial charge < -0.3 is 5.32 Å². The normalized spacial score (nSPS) is 22.2. The molecule has 100 valence electrons. The Morgan fingerprint density at radius 2 is 2.22 bits per heavy atom. The van der Waals surface area contributed by atoms with Crippen molar-refractivity contribution in [1.29, 1.82) is 0 Å². The fraction of sp³-hybridized carbons (Fsp3) is 0.500. The molecule has 0 saturated carbocycles. The second-order valence-electron chi connectivity index (χ2n) is 4.65. The van der Waals surface area contributed by atoms with Gasteiger partial charge in [0, 0.05) is 6.54 Å². The van der Waals surface area contributed by atoms with Gasteiger partial charge in [0.15, 0.2) is 9.84 Å². The Morgan fingerprint density at radius 3 is 2.83 bits per heavy atom. The van der Waals surface area contributed by atoms with Crippen molar-refractivity contribution in [2.24, 2.45) is 5.92 Å². The smallest absolute Gasteiger partial charge is 0.150 e. The fourth-order valence-corrected chi connectivity index (χ4v) is 4.08. The Bertz CT molecular complexity index is 533. The van der Waals surface area contributed by atoms with E-state index in [0.717, 1.165) is 5.56 Å². The summed E-state index contributed by atoms with van der Waals surface area (Å²) in [5.41, 5.74) is 0.803. The average molecular weight is 292 g/mol. The lowest BCUT2D eigenvalue weighted by Gasteiger charge is -2.09. The number of hydrogen-bond acceptors (Lipinski definition) is 3. The maximum absolute atomic E-state index is 13.2. The molecule has 1 unspecified atom stereocenters. The number of nitrogens with one attached hydrogen (secondary N) is 1. The van der Waals surface area contributed by atoms with E-state index in [-0.39, 0.29) is 22.4 Å². The second-order valence-corrected chi connectivity index (χ2v) is 7.28. The van der Waals surface area contributed by atoms with Gasteiger partial charge >= 0.3 is 0 Å². The van der Waals surface area contributed by atoms with Crippen LogP contribution in [0.2, 0.25) is 5.02 Å². The van der Waals surface area contributed by atoms with Crippen molar-refractivity contribution in [2.75, 3.05) is 18.1 Å². The SMILES string of the molecule is O=S1(=O)CCC(CNCc2ccc(Cl)c(F)c2)C1. The lowest BCUT2D eigenvalue weighted by atomic mass is 10.1. The van der Waals surface area contributed by atoms with Crippen molar-refractivity contribution in [3.05, 3.63) is 34.6 Å². The van der Waals surface area contributed by atoms with E-state index in [2.05, 4.69) is 5.32 Å². The van der Waals surface area contributed by atoms with Crippen molar-refractivity contribution in [3.63, 3.8) is 0 Å². The van der Waals surface area contributed by atoms with E-state index < -0.39 is 15.7 Å². The van der Waals surface area contributed by atoms with E-state index in [9.17, 15) is 12.8 Å². The first kappa shape index (κ1) is 13.8. The number of halogens is 2. The summed E-state index contributed by atoms with van der Waals surface area (Å²) in [6.45, 7) is 1.16. The van der Waals surface area contributed by atoms with Crippen LogP contribution in [0.4, 0.5) is 4.39 Å². The van der Waals surface area contributed by atoms with Gasteiger partial charge in [0.1, 0.15) is 5.82 Å². The largest absolute Gasteiger partial charge is 0.312 e. The molecule has 1 saturated heterocycles. The number of benzene rings is 1. The summed E-state index contributed by atoms with van der Waals surface area (Å²) in [5.74, 6) is 0.288. The van der Waals surface area contributed by atoms with Crippen LogP contribution in [0.5, 0.6) is 0 Å². The molecule has 0 amide bonds. The summed E-state index contributed by atoms with van der Waals surface area (Å²) in [4.78, 5) is 0. The van der Waals surface area contributed by atoms with Gasteiger partial charge in [-0.15, -0.1) is 0 Å². The third-order valence-corrected chi connectivity index (χ3v) is 5.22. The second kappa shape index (κ2) is 5.55. The van der Waals surface area contributed by atoms with E-state index in [0.29, 0.717) is 19.5 Å². The summed E-state index contributed by atoms with van der Waals surface area (Å²) in [6, 6.07) is 4.67. The monoisotopic (exact) mass is 291 g/mol. The molecule has 0 radical (unpaired) electrons. The van der Waals surface area contributed by atoms with E-state index in [4.69, 9.17) is 11.6 Å². The topological polar surface area (TPSA) is 46.2 Å². The summed E-state index contributed by atoms with van der Waals surface area (Å²) >= 11 is 5.59. The Kier molecular flexibility index (Phi) is 4.25. The first-order chi connectivity index (χ1) is 8.46. The first-order valence-electron chi connectivity index (χ1n) is 5.81. The molecule has 1 aliphatic heterocycles. The zero-order chi connectivity index (χ0) is 13.2. The number of sulfone groups is 1. The lowest BCUT2D eigenvalue weighted by molar-refractivity contribution is 0.519. The predicted molar refractivity (Wildman–Crippen MR) is 69.9 cm³/mol. The van der Waals surface area contributed by atoms with E-state index in [1.807, 2.05) is 0 Å². The van der Waals surface area contributed by atoms with Gasteiger partial charge in [-0.25, -0.2) is 12.8 Å². The quantitative estimate of drug-likeness (QED) is 0.923. The van der Waals surface area contributed by atoms with Crippen LogP contribution in [0, 0.1) is 11.7 Å². The third kappa shape index (κ3) is 3.67. The van der Waals surface area contributed by atoms with Crippen molar-refractivity contribution in [2.45, 2.75) is 13.0 Å². The molecule has 2 rings (SSSR count). The molecule has 0 aliphatic carbocycles. The zero-order valence-electron chi connectivity index (χ0n) is 9.83. The van der Waals surface area contributed by atoms with Gasteiger partial charge in [0.2, 0.25) is 0 Å². The van der Waals surface area contributed by atoms with Gasteiger partial charge in [0.05, 0.1) is 16.5 Å². The molecule has 6 heteroatoms. The van der Waals surface area contributed by atoms with Crippen LogP contribution in [-0.2, 0) is 16.4 Å². The highest BCUT2D eigenvalue weighted by Crippen LogP contribution is 2.18. The number of hydrogen-bond donors (Lipinski definition) is 1. The lowest BCUT2D eigenvalue weighted by Crippen LogP contribution is -2.23. The van der Waals surface area contributed by atoms with Crippen LogP contribution in [0.1, 0.15) is 12.0 Å². The molecule has 0 spiro atoms. The summed E-state index contributed by atoms with van der Waals surface area (Å²) < 4.78 is 35.7. The predicted octanol–water partition coefficient (Wildman–Crippen LogP) is 2.00. The third-order valence-electron chi connectivity index (χ3n) is 3.07. The average Bonchev–Trinajstić information content (AvgIpc) is 2.63. The minimum atomic E-state index is -2.82. The maximum atomic E-state index is 13.2. The zero-order valence-corrected chi connectivity index (χ0v) is 11.4. The van der Waals surface area contributed by atoms with Gasteiger partial charge in [-0.3, -0.25) is 0 Å². The van der Waals surface area contributed by atoms with Crippen LogP contribution in [-0.4, -0.2) is 26.5 Å². The van der Waals surface area contributed by atoms with Crippen molar-refractivity contribution in [3.8, 4) is 0 Å². The molecule has 18 heavy (non-hydrogen) atoms. The summed E-state index contributed by atoms with van der Waals surface area (Å²) in [6.07, 6.45) is 0.713. The van der Waals surface area contributed by atoms with Gasteiger partial charge in [-0.1, -0.05) is 17.7 Å². The molecule has 3 nitrogen and oxygen atoms in total. The minimum absolute atomic E-state index is 0.112. The highest BCUT2D eigenvalue weighted by Gasteiger charge is 2.27. The van der Waals surface area contributed by atoms with Crippen LogP contribution < -0.4 is 5.32 Å². The molecule has 1 aromatic rings. The maximum Gasteiger partial charge on any atom is 0.150 e. The molecule has 0 aromatic heterocycles.